The number of benzene rings is 1. The number of rotatable bonds is 5. The number of esters is 1. The summed E-state index contributed by atoms with van der Waals surface area (Å²) >= 11 is 11.7. The fraction of sp³-hybridized carbons (Fsp3) is 0.316. The number of anilines is 1. The van der Waals surface area contributed by atoms with E-state index in [2.05, 4.69) is 10.3 Å². The Kier molecular flexibility index (Phi) is 5.97. The van der Waals surface area contributed by atoms with Crippen LogP contribution in [0.1, 0.15) is 31.2 Å². The van der Waals surface area contributed by atoms with Gasteiger partial charge in [0, 0.05) is 6.20 Å². The maximum Gasteiger partial charge on any atom is 0.317 e. The molecule has 5 nitrogen and oxygen atoms in total. The summed E-state index contributed by atoms with van der Waals surface area (Å²) in [6.07, 6.45) is 4.27. The first-order valence-corrected chi connectivity index (χ1v) is 9.20. The number of carbonyl (C=O) groups is 2. The van der Waals surface area contributed by atoms with E-state index in [1.165, 1.54) is 24.4 Å². The molecule has 27 heavy (non-hydrogen) atoms. The lowest BCUT2D eigenvalue weighted by Gasteiger charge is -2.27. The Hall–Kier alpha value is -2.18. The molecule has 142 valence electrons. The Bertz CT molecular complexity index is 853. The molecular weight excluding hydrogens is 394 g/mol. The van der Waals surface area contributed by atoms with E-state index in [1.54, 1.807) is 12.1 Å². The van der Waals surface area contributed by atoms with E-state index in [1.807, 2.05) is 0 Å². The Morgan fingerprint density at radius 2 is 1.85 bits per heavy atom. The minimum absolute atomic E-state index is 0.135. The standard InChI is InChI=1S/C19H17Cl2FN2O3/c20-13-9-15(21)17(23-10-13)24-16(25)11-27-18(26)19(7-1-2-8-19)12-3-5-14(22)6-4-12/h3-6,9-10H,1-2,7-8,11H2,(H,23,24,25). The van der Waals surface area contributed by atoms with Crippen molar-refractivity contribution in [2.45, 2.75) is 31.1 Å². The van der Waals surface area contributed by atoms with E-state index in [4.69, 9.17) is 27.9 Å². The third kappa shape index (κ3) is 4.39. The number of aromatic nitrogens is 1. The van der Waals surface area contributed by atoms with Crippen molar-refractivity contribution in [1.29, 1.82) is 0 Å². The van der Waals surface area contributed by atoms with E-state index >= 15 is 0 Å². The van der Waals surface area contributed by atoms with E-state index in [-0.39, 0.29) is 16.7 Å². The highest BCUT2D eigenvalue weighted by atomic mass is 35.5. The van der Waals surface area contributed by atoms with E-state index in [0.717, 1.165) is 12.8 Å². The van der Waals surface area contributed by atoms with Crippen LogP contribution >= 0.6 is 23.2 Å². The molecule has 1 aromatic carbocycles. The Labute approximate surface area is 165 Å². The van der Waals surface area contributed by atoms with Crippen molar-refractivity contribution >= 4 is 40.9 Å². The summed E-state index contributed by atoms with van der Waals surface area (Å²) in [5.74, 6) is -1.28. The average Bonchev–Trinajstić information content (AvgIpc) is 3.14. The van der Waals surface area contributed by atoms with Crippen LogP contribution in [0.25, 0.3) is 0 Å². The van der Waals surface area contributed by atoms with Crippen molar-refractivity contribution < 1.29 is 18.7 Å². The van der Waals surface area contributed by atoms with Gasteiger partial charge in [0.15, 0.2) is 12.4 Å². The van der Waals surface area contributed by atoms with Crippen LogP contribution in [0.2, 0.25) is 10.0 Å². The topological polar surface area (TPSA) is 68.3 Å². The summed E-state index contributed by atoms with van der Waals surface area (Å²) in [6, 6.07) is 7.28. The predicted molar refractivity (Wildman–Crippen MR) is 100 cm³/mol. The summed E-state index contributed by atoms with van der Waals surface area (Å²) in [7, 11) is 0. The Morgan fingerprint density at radius 3 is 2.48 bits per heavy atom. The minimum atomic E-state index is -0.843. The molecule has 1 aromatic heterocycles. The van der Waals surface area contributed by atoms with Gasteiger partial charge in [-0.15, -0.1) is 0 Å². The Balaban J connectivity index is 1.66. The van der Waals surface area contributed by atoms with Crippen LogP contribution < -0.4 is 5.32 Å². The maximum atomic E-state index is 13.2. The van der Waals surface area contributed by atoms with Crippen molar-refractivity contribution in [2.24, 2.45) is 0 Å². The quantitative estimate of drug-likeness (QED) is 0.735. The zero-order valence-electron chi connectivity index (χ0n) is 14.3. The smallest absolute Gasteiger partial charge is 0.317 e. The van der Waals surface area contributed by atoms with Gasteiger partial charge in [0.25, 0.3) is 5.91 Å². The third-order valence-corrected chi connectivity index (χ3v) is 5.14. The van der Waals surface area contributed by atoms with Gasteiger partial charge in [0.1, 0.15) is 5.82 Å². The number of pyridine rings is 1. The molecule has 0 radical (unpaired) electrons. The van der Waals surface area contributed by atoms with Gasteiger partial charge >= 0.3 is 5.97 Å². The van der Waals surface area contributed by atoms with Gasteiger partial charge in [-0.1, -0.05) is 48.2 Å². The zero-order chi connectivity index (χ0) is 19.4. The van der Waals surface area contributed by atoms with Crippen LogP contribution in [0.4, 0.5) is 10.2 Å². The Morgan fingerprint density at radius 1 is 1.19 bits per heavy atom. The van der Waals surface area contributed by atoms with Gasteiger partial charge < -0.3 is 10.1 Å². The molecule has 8 heteroatoms. The molecule has 1 fully saturated rings. The number of carbonyl (C=O) groups excluding carboxylic acids is 2. The van der Waals surface area contributed by atoms with Gasteiger partial charge in [-0.25, -0.2) is 9.37 Å². The third-order valence-electron chi connectivity index (χ3n) is 4.64. The first-order chi connectivity index (χ1) is 12.9. The van der Waals surface area contributed by atoms with Crippen molar-refractivity contribution in [3.8, 4) is 0 Å². The number of amides is 1. The summed E-state index contributed by atoms with van der Waals surface area (Å²) in [4.78, 5) is 28.8. The van der Waals surface area contributed by atoms with E-state index < -0.39 is 23.9 Å². The SMILES string of the molecule is O=C(COC(=O)C1(c2ccc(F)cc2)CCCC1)Nc1ncc(Cl)cc1Cl. The van der Waals surface area contributed by atoms with Crippen molar-refractivity contribution in [2.75, 3.05) is 11.9 Å². The van der Waals surface area contributed by atoms with Crippen molar-refractivity contribution in [1.82, 2.24) is 4.98 Å². The van der Waals surface area contributed by atoms with Gasteiger partial charge in [-0.2, -0.15) is 0 Å². The first-order valence-electron chi connectivity index (χ1n) is 8.45. The number of nitrogens with one attached hydrogen (secondary N) is 1. The molecular formula is C19H17Cl2FN2O3. The molecule has 1 aliphatic rings. The normalized spacial score (nSPS) is 15.4. The lowest BCUT2D eigenvalue weighted by atomic mass is 9.79. The molecule has 0 unspecified atom stereocenters. The molecule has 0 spiro atoms. The number of halogens is 3. The van der Waals surface area contributed by atoms with E-state index in [0.29, 0.717) is 23.4 Å². The highest BCUT2D eigenvalue weighted by Gasteiger charge is 2.44. The summed E-state index contributed by atoms with van der Waals surface area (Å²) in [6.45, 7) is -0.470. The molecule has 1 N–H and O–H groups in total. The van der Waals surface area contributed by atoms with Crippen LogP contribution in [0.5, 0.6) is 0 Å². The van der Waals surface area contributed by atoms with Crippen LogP contribution in [0.15, 0.2) is 36.5 Å². The summed E-state index contributed by atoms with van der Waals surface area (Å²) in [5.41, 5.74) is -0.140. The van der Waals surface area contributed by atoms with Crippen LogP contribution in [-0.2, 0) is 19.7 Å². The molecule has 1 heterocycles. The first kappa shape index (κ1) is 19.6. The highest BCUT2D eigenvalue weighted by Crippen LogP contribution is 2.42. The fourth-order valence-electron chi connectivity index (χ4n) is 3.30. The number of hydrogen-bond donors (Lipinski definition) is 1. The average molecular weight is 411 g/mol. The predicted octanol–water partition coefficient (Wildman–Crippen LogP) is 4.52. The van der Waals surface area contributed by atoms with Crippen molar-refractivity contribution in [3.63, 3.8) is 0 Å². The number of ether oxygens (including phenoxy) is 1. The van der Waals surface area contributed by atoms with Crippen LogP contribution in [0.3, 0.4) is 0 Å². The largest absolute Gasteiger partial charge is 0.455 e. The monoisotopic (exact) mass is 410 g/mol. The molecule has 0 saturated heterocycles. The molecule has 2 aromatic rings. The molecule has 0 aliphatic heterocycles. The summed E-state index contributed by atoms with van der Waals surface area (Å²) in [5, 5.41) is 3.00. The highest BCUT2D eigenvalue weighted by molar-refractivity contribution is 6.36. The summed E-state index contributed by atoms with van der Waals surface area (Å²) < 4.78 is 18.5. The van der Waals surface area contributed by atoms with Gasteiger partial charge in [0.2, 0.25) is 0 Å². The van der Waals surface area contributed by atoms with E-state index in [9.17, 15) is 14.0 Å². The second kappa shape index (κ2) is 8.23. The van der Waals surface area contributed by atoms with Crippen molar-refractivity contribution in [3.05, 3.63) is 58.0 Å². The zero-order valence-corrected chi connectivity index (χ0v) is 15.8. The molecule has 1 amide bonds. The van der Waals surface area contributed by atoms with Crippen LogP contribution in [0, 0.1) is 5.82 Å². The lowest BCUT2D eigenvalue weighted by Crippen LogP contribution is -2.36. The van der Waals surface area contributed by atoms with Gasteiger partial charge in [0.05, 0.1) is 15.5 Å². The maximum absolute atomic E-state index is 13.2. The minimum Gasteiger partial charge on any atom is -0.455 e. The second-order valence-electron chi connectivity index (χ2n) is 6.40. The fourth-order valence-corrected chi connectivity index (χ4v) is 3.73. The lowest BCUT2D eigenvalue weighted by molar-refractivity contribution is -0.153. The molecule has 1 saturated carbocycles. The molecule has 0 bridgehead atoms. The van der Waals surface area contributed by atoms with Crippen LogP contribution in [-0.4, -0.2) is 23.5 Å². The number of hydrogen-bond acceptors (Lipinski definition) is 4. The molecule has 3 rings (SSSR count). The second-order valence-corrected chi connectivity index (χ2v) is 7.25. The molecule has 1 aliphatic carbocycles. The number of nitrogens with zero attached hydrogens (tertiary/aromatic N) is 1. The van der Waals surface area contributed by atoms with Gasteiger partial charge in [-0.3, -0.25) is 9.59 Å². The van der Waals surface area contributed by atoms with Gasteiger partial charge in [-0.05, 0) is 36.6 Å². The molecule has 0 atom stereocenters.